The van der Waals surface area contributed by atoms with Gasteiger partial charge in [0.05, 0.1) is 0 Å². The van der Waals surface area contributed by atoms with Crippen LogP contribution >= 0.6 is 0 Å². The van der Waals surface area contributed by atoms with Crippen LogP contribution in [-0.4, -0.2) is 23.3 Å². The molecular weight excluding hydrogens is 266 g/mol. The van der Waals surface area contributed by atoms with E-state index in [1.54, 1.807) is 0 Å². The quantitative estimate of drug-likeness (QED) is 0.915. The topological polar surface area (TPSA) is 60.2 Å². The summed E-state index contributed by atoms with van der Waals surface area (Å²) in [5.74, 6) is 1.33. The van der Waals surface area contributed by atoms with Gasteiger partial charge in [-0.15, -0.1) is 0 Å². The van der Waals surface area contributed by atoms with Gasteiger partial charge in [-0.05, 0) is 38.3 Å². The SMILES string of the molecule is Cc1ccccc1NCCc1nc(C2(C)CCCO2)no1. The molecule has 1 aromatic heterocycles. The van der Waals surface area contributed by atoms with Crippen molar-refractivity contribution in [2.45, 2.75) is 38.7 Å². The van der Waals surface area contributed by atoms with Gasteiger partial charge in [-0.2, -0.15) is 4.98 Å². The first-order chi connectivity index (χ1) is 10.2. The lowest BCUT2D eigenvalue weighted by molar-refractivity contribution is 0.00768. The maximum absolute atomic E-state index is 5.73. The first kappa shape index (κ1) is 14.1. The summed E-state index contributed by atoms with van der Waals surface area (Å²) in [5.41, 5.74) is 2.00. The van der Waals surface area contributed by atoms with Crippen LogP contribution in [0.25, 0.3) is 0 Å². The Labute approximate surface area is 124 Å². The number of ether oxygens (including phenoxy) is 1. The van der Waals surface area contributed by atoms with E-state index < -0.39 is 0 Å². The van der Waals surface area contributed by atoms with Gasteiger partial charge in [-0.25, -0.2) is 0 Å². The molecule has 0 bridgehead atoms. The molecule has 0 saturated carbocycles. The molecule has 1 aromatic carbocycles. The van der Waals surface area contributed by atoms with Crippen LogP contribution in [0, 0.1) is 6.92 Å². The summed E-state index contributed by atoms with van der Waals surface area (Å²) in [7, 11) is 0. The molecule has 21 heavy (non-hydrogen) atoms. The van der Waals surface area contributed by atoms with Crippen molar-refractivity contribution in [1.29, 1.82) is 0 Å². The predicted octanol–water partition coefficient (Wildman–Crippen LogP) is 3.06. The van der Waals surface area contributed by atoms with Crippen molar-refractivity contribution in [3.05, 3.63) is 41.5 Å². The number of benzene rings is 1. The Balaban J connectivity index is 1.57. The standard InChI is InChI=1S/C16H21N3O2/c1-12-6-3-4-7-13(12)17-10-8-14-18-15(19-21-14)16(2)9-5-11-20-16/h3-4,6-7,17H,5,8-11H2,1-2H3. The number of aryl methyl sites for hydroxylation is 1. The van der Waals surface area contributed by atoms with Crippen molar-refractivity contribution in [3.63, 3.8) is 0 Å². The van der Waals surface area contributed by atoms with Gasteiger partial charge in [0.1, 0.15) is 5.60 Å². The van der Waals surface area contributed by atoms with Crippen LogP contribution in [0.1, 0.15) is 37.0 Å². The zero-order valence-electron chi connectivity index (χ0n) is 12.6. The lowest BCUT2D eigenvalue weighted by atomic mass is 10.0. The maximum atomic E-state index is 5.73. The average Bonchev–Trinajstić information content (AvgIpc) is 3.11. The fourth-order valence-electron chi connectivity index (χ4n) is 2.60. The Morgan fingerprint density at radius 3 is 2.95 bits per heavy atom. The number of hydrogen-bond donors (Lipinski definition) is 1. The molecule has 2 heterocycles. The van der Waals surface area contributed by atoms with Gasteiger partial charge in [0.2, 0.25) is 11.7 Å². The van der Waals surface area contributed by atoms with Crippen LogP contribution < -0.4 is 5.32 Å². The lowest BCUT2D eigenvalue weighted by Crippen LogP contribution is -2.21. The maximum Gasteiger partial charge on any atom is 0.228 e. The van der Waals surface area contributed by atoms with E-state index >= 15 is 0 Å². The molecule has 0 amide bonds. The van der Waals surface area contributed by atoms with E-state index in [-0.39, 0.29) is 5.60 Å². The van der Waals surface area contributed by atoms with Gasteiger partial charge in [0, 0.05) is 25.3 Å². The number of nitrogens with zero attached hydrogens (tertiary/aromatic N) is 2. The molecule has 0 aliphatic carbocycles. The van der Waals surface area contributed by atoms with Crippen LogP contribution in [0.3, 0.4) is 0 Å². The molecule has 1 unspecified atom stereocenters. The minimum atomic E-state index is -0.370. The first-order valence-electron chi connectivity index (χ1n) is 7.44. The number of anilines is 1. The van der Waals surface area contributed by atoms with Crippen molar-refractivity contribution in [2.24, 2.45) is 0 Å². The van der Waals surface area contributed by atoms with Crippen LogP contribution in [-0.2, 0) is 16.8 Å². The zero-order valence-corrected chi connectivity index (χ0v) is 12.6. The summed E-state index contributed by atoms with van der Waals surface area (Å²) in [5, 5.41) is 7.46. The Morgan fingerprint density at radius 2 is 2.19 bits per heavy atom. The van der Waals surface area contributed by atoms with E-state index in [4.69, 9.17) is 9.26 Å². The van der Waals surface area contributed by atoms with Gasteiger partial charge >= 0.3 is 0 Å². The van der Waals surface area contributed by atoms with Gasteiger partial charge in [-0.1, -0.05) is 23.4 Å². The third kappa shape index (κ3) is 3.08. The molecule has 0 spiro atoms. The van der Waals surface area contributed by atoms with Crippen molar-refractivity contribution < 1.29 is 9.26 Å². The van der Waals surface area contributed by atoms with Crippen molar-refractivity contribution in [2.75, 3.05) is 18.5 Å². The minimum Gasteiger partial charge on any atom is -0.384 e. The van der Waals surface area contributed by atoms with Gasteiger partial charge in [-0.3, -0.25) is 0 Å². The highest BCUT2D eigenvalue weighted by molar-refractivity contribution is 5.50. The van der Waals surface area contributed by atoms with E-state index in [9.17, 15) is 0 Å². The highest BCUT2D eigenvalue weighted by Gasteiger charge is 2.36. The molecule has 1 saturated heterocycles. The summed E-state index contributed by atoms with van der Waals surface area (Å²) in [6, 6.07) is 8.22. The number of aromatic nitrogens is 2. The monoisotopic (exact) mass is 287 g/mol. The van der Waals surface area contributed by atoms with Gasteiger partial charge in [0.15, 0.2) is 0 Å². The van der Waals surface area contributed by atoms with Gasteiger partial charge < -0.3 is 14.6 Å². The fraction of sp³-hybridized carbons (Fsp3) is 0.500. The summed E-state index contributed by atoms with van der Waals surface area (Å²) in [6.07, 6.45) is 2.71. The second kappa shape index (κ2) is 5.85. The second-order valence-corrected chi connectivity index (χ2v) is 5.69. The van der Waals surface area contributed by atoms with Crippen LogP contribution in [0.2, 0.25) is 0 Å². The molecular formula is C16H21N3O2. The van der Waals surface area contributed by atoms with Crippen LogP contribution in [0.5, 0.6) is 0 Å². The molecule has 1 atom stereocenters. The summed E-state index contributed by atoms with van der Waals surface area (Å²) in [4.78, 5) is 4.47. The molecule has 1 aliphatic heterocycles. The van der Waals surface area contributed by atoms with E-state index in [2.05, 4.69) is 34.5 Å². The zero-order chi connectivity index (χ0) is 14.7. The highest BCUT2D eigenvalue weighted by atomic mass is 16.5. The third-order valence-electron chi connectivity index (χ3n) is 3.96. The van der Waals surface area contributed by atoms with Crippen molar-refractivity contribution >= 4 is 5.69 Å². The van der Waals surface area contributed by atoms with E-state index in [1.807, 2.05) is 19.1 Å². The fourth-order valence-corrected chi connectivity index (χ4v) is 2.60. The Hall–Kier alpha value is -1.88. The minimum absolute atomic E-state index is 0.370. The Kier molecular flexibility index (Phi) is 3.92. The Bertz CT molecular complexity index is 603. The highest BCUT2D eigenvalue weighted by Crippen LogP contribution is 2.33. The van der Waals surface area contributed by atoms with Crippen molar-refractivity contribution in [1.82, 2.24) is 10.1 Å². The first-order valence-corrected chi connectivity index (χ1v) is 7.44. The molecule has 5 heteroatoms. The second-order valence-electron chi connectivity index (χ2n) is 5.69. The summed E-state index contributed by atoms with van der Waals surface area (Å²) < 4.78 is 11.1. The summed E-state index contributed by atoms with van der Waals surface area (Å²) >= 11 is 0. The normalized spacial score (nSPS) is 21.6. The lowest BCUT2D eigenvalue weighted by Gasteiger charge is -2.17. The number of nitrogens with one attached hydrogen (secondary N) is 1. The predicted molar refractivity (Wildman–Crippen MR) is 80.2 cm³/mol. The molecule has 1 aliphatic rings. The molecule has 5 nitrogen and oxygen atoms in total. The molecule has 1 fully saturated rings. The third-order valence-corrected chi connectivity index (χ3v) is 3.96. The van der Waals surface area contributed by atoms with E-state index in [1.165, 1.54) is 5.56 Å². The van der Waals surface area contributed by atoms with Crippen molar-refractivity contribution in [3.8, 4) is 0 Å². The molecule has 2 aromatic rings. The largest absolute Gasteiger partial charge is 0.384 e. The number of para-hydroxylation sites is 1. The molecule has 0 radical (unpaired) electrons. The van der Waals surface area contributed by atoms with E-state index in [0.717, 1.165) is 31.7 Å². The molecule has 112 valence electrons. The smallest absolute Gasteiger partial charge is 0.228 e. The average molecular weight is 287 g/mol. The Morgan fingerprint density at radius 1 is 1.33 bits per heavy atom. The van der Waals surface area contributed by atoms with Crippen LogP contribution in [0.15, 0.2) is 28.8 Å². The number of rotatable bonds is 5. The summed E-state index contributed by atoms with van der Waals surface area (Å²) in [6.45, 7) is 5.66. The van der Waals surface area contributed by atoms with Gasteiger partial charge in [0.25, 0.3) is 0 Å². The van der Waals surface area contributed by atoms with E-state index in [0.29, 0.717) is 18.1 Å². The van der Waals surface area contributed by atoms with Crippen LogP contribution in [0.4, 0.5) is 5.69 Å². The molecule has 1 N–H and O–H groups in total. The number of hydrogen-bond acceptors (Lipinski definition) is 5. The molecule has 3 rings (SSSR count).